The highest BCUT2D eigenvalue weighted by atomic mass is 16.5. The van der Waals surface area contributed by atoms with Crippen LogP contribution in [0.2, 0.25) is 0 Å². The lowest BCUT2D eigenvalue weighted by atomic mass is 9.84. The molecule has 3 aliphatic rings. The number of rotatable bonds is 3. The van der Waals surface area contributed by atoms with Gasteiger partial charge in [-0.3, -0.25) is 14.5 Å². The van der Waals surface area contributed by atoms with E-state index in [4.69, 9.17) is 4.74 Å². The molecular formula is C22H20N2O4. The van der Waals surface area contributed by atoms with Gasteiger partial charge in [0, 0.05) is 17.5 Å². The Morgan fingerprint density at radius 3 is 2.82 bits per heavy atom. The molecule has 28 heavy (non-hydrogen) atoms. The van der Waals surface area contributed by atoms with E-state index in [1.54, 1.807) is 18.2 Å². The summed E-state index contributed by atoms with van der Waals surface area (Å²) in [5.41, 5.74) is 2.52. The molecule has 1 saturated heterocycles. The number of Topliss-reactive ketones (excluding diaryl/α,β-unsaturated/α-hetero) is 1. The van der Waals surface area contributed by atoms with Crippen LogP contribution < -0.4 is 10.1 Å². The summed E-state index contributed by atoms with van der Waals surface area (Å²) in [4.78, 5) is 39.7. The predicted octanol–water partition coefficient (Wildman–Crippen LogP) is 2.59. The van der Waals surface area contributed by atoms with Gasteiger partial charge in [-0.2, -0.15) is 0 Å². The Morgan fingerprint density at radius 2 is 1.93 bits per heavy atom. The number of para-hydroxylation sites is 1. The number of carbonyl (C=O) groups excluding carboxylic acids is 3. The predicted molar refractivity (Wildman–Crippen MR) is 101 cm³/mol. The van der Waals surface area contributed by atoms with Crippen LogP contribution in [-0.2, 0) is 23.2 Å². The molecule has 0 radical (unpaired) electrons. The molecule has 1 atom stereocenters. The molecule has 2 aromatic carbocycles. The summed E-state index contributed by atoms with van der Waals surface area (Å²) < 4.78 is 5.63. The number of aryl methyl sites for hydroxylation is 2. The van der Waals surface area contributed by atoms with Crippen molar-refractivity contribution >= 4 is 17.7 Å². The van der Waals surface area contributed by atoms with Crippen LogP contribution in [0.25, 0.3) is 0 Å². The lowest BCUT2D eigenvalue weighted by molar-refractivity contribution is -0.132. The van der Waals surface area contributed by atoms with Crippen LogP contribution in [0.1, 0.15) is 39.9 Å². The highest BCUT2D eigenvalue weighted by Crippen LogP contribution is 2.41. The van der Waals surface area contributed by atoms with E-state index in [1.807, 2.05) is 24.3 Å². The summed E-state index contributed by atoms with van der Waals surface area (Å²) in [6.07, 6.45) is 3.46. The quantitative estimate of drug-likeness (QED) is 0.660. The molecule has 6 nitrogen and oxygen atoms in total. The van der Waals surface area contributed by atoms with Crippen molar-refractivity contribution in [1.82, 2.24) is 10.2 Å². The van der Waals surface area contributed by atoms with Crippen molar-refractivity contribution < 1.29 is 19.1 Å². The number of hydrogen-bond donors (Lipinski definition) is 1. The van der Waals surface area contributed by atoms with Gasteiger partial charge in [0.05, 0.1) is 13.2 Å². The van der Waals surface area contributed by atoms with E-state index in [9.17, 15) is 14.4 Å². The third kappa shape index (κ3) is 2.44. The Kier molecular flexibility index (Phi) is 3.75. The molecule has 2 heterocycles. The van der Waals surface area contributed by atoms with Gasteiger partial charge in [0.1, 0.15) is 5.75 Å². The summed E-state index contributed by atoms with van der Waals surface area (Å²) in [6, 6.07) is 12.4. The molecule has 0 aromatic heterocycles. The van der Waals surface area contributed by atoms with Gasteiger partial charge in [-0.1, -0.05) is 30.3 Å². The maximum atomic E-state index is 13.2. The molecule has 1 aliphatic carbocycles. The van der Waals surface area contributed by atoms with Crippen molar-refractivity contribution in [3.05, 3.63) is 64.7 Å². The minimum atomic E-state index is -1.15. The van der Waals surface area contributed by atoms with Crippen LogP contribution in [0, 0.1) is 0 Å². The largest absolute Gasteiger partial charge is 0.493 e. The van der Waals surface area contributed by atoms with Crippen molar-refractivity contribution in [3.63, 3.8) is 0 Å². The van der Waals surface area contributed by atoms with Gasteiger partial charge in [-0.05, 0) is 42.5 Å². The van der Waals surface area contributed by atoms with Crippen LogP contribution in [0.4, 0.5) is 4.79 Å². The molecule has 3 amide bonds. The maximum absolute atomic E-state index is 13.2. The van der Waals surface area contributed by atoms with Gasteiger partial charge >= 0.3 is 6.03 Å². The first-order chi connectivity index (χ1) is 13.6. The lowest BCUT2D eigenvalue weighted by Gasteiger charge is -2.33. The molecule has 6 heteroatoms. The zero-order valence-electron chi connectivity index (χ0n) is 15.4. The molecule has 0 unspecified atom stereocenters. The fourth-order valence-corrected chi connectivity index (χ4v) is 4.50. The number of ketones is 1. The molecule has 1 fully saturated rings. The summed E-state index contributed by atoms with van der Waals surface area (Å²) in [5, 5.41) is 2.83. The molecule has 2 aliphatic heterocycles. The van der Waals surface area contributed by atoms with E-state index in [0.717, 1.165) is 24.2 Å². The van der Waals surface area contributed by atoms with Crippen molar-refractivity contribution in [3.8, 4) is 5.75 Å². The fraction of sp³-hybridized carbons (Fsp3) is 0.318. The number of nitrogens with zero attached hydrogens (tertiary/aromatic N) is 1. The third-order valence-corrected chi connectivity index (χ3v) is 5.98. The van der Waals surface area contributed by atoms with Gasteiger partial charge in [-0.15, -0.1) is 0 Å². The number of ether oxygens (including phenoxy) is 1. The number of nitrogens with one attached hydrogen (secondary N) is 1. The van der Waals surface area contributed by atoms with Gasteiger partial charge < -0.3 is 10.1 Å². The lowest BCUT2D eigenvalue weighted by Crippen LogP contribution is -2.47. The van der Waals surface area contributed by atoms with E-state index >= 15 is 0 Å². The monoisotopic (exact) mass is 376 g/mol. The molecule has 2 aromatic rings. The highest BCUT2D eigenvalue weighted by molar-refractivity contribution is 6.11. The number of hydrogen-bond acceptors (Lipinski definition) is 4. The minimum absolute atomic E-state index is 0.226. The van der Waals surface area contributed by atoms with E-state index in [-0.39, 0.29) is 18.2 Å². The van der Waals surface area contributed by atoms with Gasteiger partial charge in [0.25, 0.3) is 5.91 Å². The number of amides is 3. The number of imide groups is 1. The van der Waals surface area contributed by atoms with Crippen LogP contribution in [0.15, 0.2) is 42.5 Å². The Morgan fingerprint density at radius 1 is 1.11 bits per heavy atom. The smallest absolute Gasteiger partial charge is 0.325 e. The van der Waals surface area contributed by atoms with Crippen molar-refractivity contribution in [1.29, 1.82) is 0 Å². The zero-order valence-corrected chi connectivity index (χ0v) is 15.4. The number of fused-ring (bicyclic) bond motifs is 3. The maximum Gasteiger partial charge on any atom is 0.325 e. The first kappa shape index (κ1) is 17.0. The highest BCUT2D eigenvalue weighted by Gasteiger charge is 2.55. The number of benzene rings is 2. The molecule has 0 bridgehead atoms. The molecule has 5 rings (SSSR count). The molecule has 0 saturated carbocycles. The van der Waals surface area contributed by atoms with Crippen molar-refractivity contribution in [2.45, 2.75) is 31.2 Å². The zero-order chi connectivity index (χ0) is 19.3. The second-order valence-electron chi connectivity index (χ2n) is 7.58. The SMILES string of the molecule is O=C(CN1C(=O)N[C@]2(CCOc3ccccc32)C1=O)c1ccc2c(c1)CCC2. The topological polar surface area (TPSA) is 75.7 Å². The van der Waals surface area contributed by atoms with E-state index in [2.05, 4.69) is 5.32 Å². The second kappa shape index (κ2) is 6.19. The van der Waals surface area contributed by atoms with Crippen LogP contribution in [-0.4, -0.2) is 35.8 Å². The first-order valence-corrected chi connectivity index (χ1v) is 9.60. The summed E-state index contributed by atoms with van der Waals surface area (Å²) >= 11 is 0. The first-order valence-electron chi connectivity index (χ1n) is 9.60. The normalized spacial score (nSPS) is 22.6. The van der Waals surface area contributed by atoms with Gasteiger partial charge in [0.2, 0.25) is 0 Å². The molecular weight excluding hydrogens is 356 g/mol. The Bertz CT molecular complexity index is 1020. The fourth-order valence-electron chi connectivity index (χ4n) is 4.50. The standard InChI is InChI=1S/C22H20N2O4/c25-18(16-9-8-14-4-3-5-15(14)12-16)13-24-20(26)22(23-21(24)27)10-11-28-19-7-2-1-6-17(19)22/h1-2,6-9,12H,3-5,10-11,13H2,(H,23,27)/t22-/m0/s1. The summed E-state index contributed by atoms with van der Waals surface area (Å²) in [7, 11) is 0. The van der Waals surface area contributed by atoms with Gasteiger partial charge in [0.15, 0.2) is 11.3 Å². The van der Waals surface area contributed by atoms with Crippen molar-refractivity contribution in [2.24, 2.45) is 0 Å². The summed E-state index contributed by atoms with van der Waals surface area (Å²) in [5.74, 6) is -0.0208. The molecule has 1 spiro atoms. The van der Waals surface area contributed by atoms with E-state index in [0.29, 0.717) is 29.9 Å². The second-order valence-corrected chi connectivity index (χ2v) is 7.58. The Hall–Kier alpha value is -3.15. The number of carbonyl (C=O) groups is 3. The van der Waals surface area contributed by atoms with Crippen LogP contribution in [0.3, 0.4) is 0 Å². The average Bonchev–Trinajstić information content (AvgIpc) is 3.27. The minimum Gasteiger partial charge on any atom is -0.493 e. The van der Waals surface area contributed by atoms with Crippen LogP contribution in [0.5, 0.6) is 5.75 Å². The molecule has 1 N–H and O–H groups in total. The molecule has 142 valence electrons. The Balaban J connectivity index is 1.42. The van der Waals surface area contributed by atoms with Crippen molar-refractivity contribution in [2.75, 3.05) is 13.2 Å². The van der Waals surface area contributed by atoms with Crippen LogP contribution >= 0.6 is 0 Å². The number of urea groups is 1. The van der Waals surface area contributed by atoms with E-state index in [1.165, 1.54) is 11.1 Å². The van der Waals surface area contributed by atoms with E-state index < -0.39 is 11.6 Å². The average molecular weight is 376 g/mol. The van der Waals surface area contributed by atoms with Gasteiger partial charge in [-0.25, -0.2) is 4.79 Å². The summed E-state index contributed by atoms with van der Waals surface area (Å²) in [6.45, 7) is 0.0733. The Labute approximate surface area is 162 Å². The third-order valence-electron chi connectivity index (χ3n) is 5.98.